The van der Waals surface area contributed by atoms with Crippen LogP contribution in [0.15, 0.2) is 21.6 Å². The molecule has 0 spiro atoms. The molecule has 2 aliphatic rings. The Kier molecular flexibility index (Phi) is 5.19. The molecule has 0 radical (unpaired) electrons. The Labute approximate surface area is 158 Å². The molecule has 9 heteroatoms. The molecule has 0 aromatic carbocycles. The monoisotopic (exact) mass is 392 g/mol. The zero-order chi connectivity index (χ0) is 19.0. The zero-order valence-corrected chi connectivity index (χ0v) is 16.4. The van der Waals surface area contributed by atoms with E-state index in [-0.39, 0.29) is 27.5 Å². The second-order valence-corrected chi connectivity index (χ2v) is 9.02. The molecule has 26 heavy (non-hydrogen) atoms. The van der Waals surface area contributed by atoms with E-state index < -0.39 is 11.9 Å². The normalized spacial score (nSPS) is 25.7. The van der Waals surface area contributed by atoms with Gasteiger partial charge in [-0.25, -0.2) is 4.98 Å². The van der Waals surface area contributed by atoms with E-state index in [0.717, 1.165) is 22.6 Å². The highest BCUT2D eigenvalue weighted by molar-refractivity contribution is 8.15. The number of hydrogen-bond acceptors (Lipinski definition) is 6. The van der Waals surface area contributed by atoms with E-state index in [2.05, 4.69) is 21.2 Å². The van der Waals surface area contributed by atoms with Crippen LogP contribution >= 0.6 is 21.8 Å². The molecule has 0 aliphatic carbocycles. The molecule has 1 N–H and O–H groups in total. The quantitative estimate of drug-likeness (QED) is 0.352. The molecule has 3 atom stereocenters. The Balaban J connectivity index is 1.78. The van der Waals surface area contributed by atoms with Gasteiger partial charge >= 0.3 is 0 Å². The average Bonchev–Trinajstić information content (AvgIpc) is 3.02. The van der Waals surface area contributed by atoms with Crippen LogP contribution in [-0.2, 0) is 14.4 Å². The third-order valence-corrected chi connectivity index (χ3v) is 7.19. The topological polar surface area (TPSA) is 91.7 Å². The van der Waals surface area contributed by atoms with E-state index in [1.807, 2.05) is 13.8 Å². The number of nitrogens with zero attached hydrogens (tertiary/aromatic N) is 3. The van der Waals surface area contributed by atoms with Crippen LogP contribution < -0.4 is 5.32 Å². The minimum atomic E-state index is -0.618. The van der Waals surface area contributed by atoms with Gasteiger partial charge in [-0.05, 0) is 19.4 Å². The van der Waals surface area contributed by atoms with Gasteiger partial charge in [-0.15, -0.1) is 11.3 Å². The van der Waals surface area contributed by atoms with Gasteiger partial charge in [-0.2, -0.15) is 10.5 Å². The van der Waals surface area contributed by atoms with Crippen molar-refractivity contribution < 1.29 is 14.4 Å². The minimum absolute atomic E-state index is 0.169. The number of allylic oxidation sites excluding steroid dienone is 1. The maximum Gasteiger partial charge on any atom is 0.272 e. The molecule has 1 aromatic rings. The Hall–Kier alpha value is -2.13. The van der Waals surface area contributed by atoms with Gasteiger partial charge in [0.05, 0.1) is 5.01 Å². The lowest BCUT2D eigenvalue weighted by Gasteiger charge is -2.52. The van der Waals surface area contributed by atoms with Crippen LogP contribution in [0.1, 0.15) is 24.0 Å². The fourth-order valence-corrected chi connectivity index (χ4v) is 5.87. The number of amides is 2. The standard InChI is InChI=1S/C17H20N4O3S2/c1-9-11(5-6-22)8-26(4)17-14(16(24)21(9)17)20-15(23)13(18-3)12-7-25-10(2)19-12/h6-7,14,17H,4-5,8H2,1-3H3,(H,20,23). The van der Waals surface area contributed by atoms with Gasteiger partial charge in [0.25, 0.3) is 11.8 Å². The number of nitrogens with one attached hydrogen (secondary N) is 1. The first kappa shape index (κ1) is 18.7. The van der Waals surface area contributed by atoms with E-state index in [4.69, 9.17) is 0 Å². The summed E-state index contributed by atoms with van der Waals surface area (Å²) in [6.45, 7) is 3.70. The molecule has 1 fully saturated rings. The summed E-state index contributed by atoms with van der Waals surface area (Å²) >= 11 is 1.44. The number of aromatic nitrogens is 1. The van der Waals surface area contributed by atoms with Crippen molar-refractivity contribution in [3.8, 4) is 0 Å². The number of thiazole rings is 1. The number of fused-ring (bicyclic) bond motifs is 1. The van der Waals surface area contributed by atoms with Gasteiger partial charge in [0.1, 0.15) is 29.1 Å². The van der Waals surface area contributed by atoms with Crippen LogP contribution in [0.3, 0.4) is 0 Å². The van der Waals surface area contributed by atoms with Gasteiger partial charge < -0.3 is 10.1 Å². The van der Waals surface area contributed by atoms with Crippen LogP contribution in [0.25, 0.3) is 0 Å². The maximum atomic E-state index is 12.6. The highest BCUT2D eigenvalue weighted by atomic mass is 32.2. The van der Waals surface area contributed by atoms with E-state index in [9.17, 15) is 14.4 Å². The lowest BCUT2D eigenvalue weighted by atomic mass is 10.0. The van der Waals surface area contributed by atoms with Gasteiger partial charge in [0.15, 0.2) is 0 Å². The number of carbonyl (C=O) groups is 3. The van der Waals surface area contributed by atoms with Crippen molar-refractivity contribution in [2.75, 3.05) is 12.8 Å². The second-order valence-electron chi connectivity index (χ2n) is 6.12. The third-order valence-electron chi connectivity index (χ3n) is 4.53. The van der Waals surface area contributed by atoms with Crippen molar-refractivity contribution in [1.29, 1.82) is 0 Å². The third kappa shape index (κ3) is 3.05. The predicted octanol–water partition coefficient (Wildman–Crippen LogP) is 1.10. The summed E-state index contributed by atoms with van der Waals surface area (Å²) in [5, 5.41) is 5.25. The predicted molar refractivity (Wildman–Crippen MR) is 105 cm³/mol. The van der Waals surface area contributed by atoms with E-state index in [1.54, 1.807) is 10.3 Å². The van der Waals surface area contributed by atoms with Crippen LogP contribution in [0.4, 0.5) is 0 Å². The summed E-state index contributed by atoms with van der Waals surface area (Å²) in [5.74, 6) is 4.25. The molecule has 3 rings (SSSR count). The Morgan fingerprint density at radius 3 is 2.88 bits per heavy atom. The van der Waals surface area contributed by atoms with Gasteiger partial charge in [-0.1, -0.05) is 5.87 Å². The van der Waals surface area contributed by atoms with E-state index >= 15 is 0 Å². The molecule has 0 bridgehead atoms. The van der Waals surface area contributed by atoms with Gasteiger partial charge in [0, 0.05) is 30.3 Å². The van der Waals surface area contributed by atoms with Gasteiger partial charge in [0.2, 0.25) is 0 Å². The molecule has 7 nitrogen and oxygen atoms in total. The molecular formula is C17H20N4O3S2. The van der Waals surface area contributed by atoms with Crippen molar-refractivity contribution in [3.05, 3.63) is 27.4 Å². The number of carbonyl (C=O) groups excluding carboxylic acids is 3. The van der Waals surface area contributed by atoms with Crippen LogP contribution in [0.2, 0.25) is 0 Å². The number of aryl methyl sites for hydroxylation is 1. The Morgan fingerprint density at radius 2 is 2.31 bits per heavy atom. The highest BCUT2D eigenvalue weighted by Gasteiger charge is 2.52. The van der Waals surface area contributed by atoms with Crippen molar-refractivity contribution in [2.45, 2.75) is 31.7 Å². The summed E-state index contributed by atoms with van der Waals surface area (Å²) in [6, 6.07) is -0.618. The minimum Gasteiger partial charge on any atom is -0.336 e. The van der Waals surface area contributed by atoms with Crippen molar-refractivity contribution in [1.82, 2.24) is 15.2 Å². The Bertz CT molecular complexity index is 871. The molecule has 3 heterocycles. The average molecular weight is 393 g/mol. The fraction of sp³-hybridized carbons (Fsp3) is 0.412. The summed E-state index contributed by atoms with van der Waals surface area (Å²) in [4.78, 5) is 46.1. The second kappa shape index (κ2) is 7.24. The lowest BCUT2D eigenvalue weighted by molar-refractivity contribution is -0.145. The SMILES string of the molecule is C=S1CC(CC=O)=C(C)N2C(=O)C(NC(=O)C(=NC)c3csc(C)n3)C21. The van der Waals surface area contributed by atoms with Crippen molar-refractivity contribution >= 4 is 51.5 Å². The molecule has 1 aromatic heterocycles. The summed E-state index contributed by atoms with van der Waals surface area (Å²) in [5.41, 5.74) is 2.48. The fourth-order valence-electron chi connectivity index (χ4n) is 3.20. The smallest absolute Gasteiger partial charge is 0.272 e. The molecular weight excluding hydrogens is 372 g/mol. The number of rotatable bonds is 5. The van der Waals surface area contributed by atoms with E-state index in [0.29, 0.717) is 17.9 Å². The first-order chi connectivity index (χ1) is 12.4. The van der Waals surface area contributed by atoms with Crippen LogP contribution in [-0.4, -0.2) is 63.8 Å². The summed E-state index contributed by atoms with van der Waals surface area (Å²) in [7, 11) is 1.15. The lowest BCUT2D eigenvalue weighted by Crippen LogP contribution is -2.70. The van der Waals surface area contributed by atoms with Crippen molar-refractivity contribution in [3.63, 3.8) is 0 Å². The van der Waals surface area contributed by atoms with Crippen LogP contribution in [0, 0.1) is 6.92 Å². The largest absolute Gasteiger partial charge is 0.336 e. The van der Waals surface area contributed by atoms with Crippen LogP contribution in [0.5, 0.6) is 0 Å². The van der Waals surface area contributed by atoms with Crippen molar-refractivity contribution in [2.24, 2.45) is 4.99 Å². The summed E-state index contributed by atoms with van der Waals surface area (Å²) < 4.78 is 0. The molecule has 2 aliphatic heterocycles. The molecule has 1 saturated heterocycles. The first-order valence-electron chi connectivity index (χ1n) is 8.03. The first-order valence-corrected chi connectivity index (χ1v) is 10.5. The molecule has 0 saturated carbocycles. The highest BCUT2D eigenvalue weighted by Crippen LogP contribution is 2.43. The zero-order valence-electron chi connectivity index (χ0n) is 14.8. The maximum absolute atomic E-state index is 12.6. The Morgan fingerprint density at radius 1 is 1.58 bits per heavy atom. The summed E-state index contributed by atoms with van der Waals surface area (Å²) in [6.07, 6.45) is 1.16. The number of aliphatic imine (C=N–C) groups is 1. The molecule has 2 amide bonds. The number of aldehydes is 1. The number of hydrogen-bond donors (Lipinski definition) is 1. The molecule has 138 valence electrons. The van der Waals surface area contributed by atoms with E-state index in [1.165, 1.54) is 18.4 Å². The van der Waals surface area contributed by atoms with Gasteiger partial charge in [-0.3, -0.25) is 19.5 Å². The molecule has 3 unspecified atom stereocenters. The number of β-lactam (4-membered cyclic amide) rings is 1.